The summed E-state index contributed by atoms with van der Waals surface area (Å²) in [5.74, 6) is 0.191. The van der Waals surface area contributed by atoms with E-state index in [1.54, 1.807) is 0 Å². The molecule has 5 unspecified atom stereocenters. The van der Waals surface area contributed by atoms with Gasteiger partial charge in [0.1, 0.15) is 30.2 Å². The summed E-state index contributed by atoms with van der Waals surface area (Å²) in [4.78, 5) is 22.3. The normalized spacial score (nSPS) is 24.7. The van der Waals surface area contributed by atoms with Crippen molar-refractivity contribution in [2.75, 3.05) is 38.7 Å². The fourth-order valence-electron chi connectivity index (χ4n) is 3.26. The third-order valence-electron chi connectivity index (χ3n) is 5.45. The first kappa shape index (κ1) is 27.1. The van der Waals surface area contributed by atoms with Gasteiger partial charge in [-0.1, -0.05) is 27.7 Å². The van der Waals surface area contributed by atoms with Crippen LogP contribution in [-0.4, -0.2) is 85.9 Å². The van der Waals surface area contributed by atoms with Gasteiger partial charge in [0.15, 0.2) is 17.7 Å². The molecule has 0 saturated carbocycles. The van der Waals surface area contributed by atoms with Crippen LogP contribution in [0, 0.1) is 10.8 Å². The van der Waals surface area contributed by atoms with E-state index < -0.39 is 33.1 Å². The van der Waals surface area contributed by atoms with E-state index in [9.17, 15) is 15.1 Å². The maximum atomic E-state index is 10.5. The quantitative estimate of drug-likeness (QED) is 0.250. The van der Waals surface area contributed by atoms with Gasteiger partial charge in [0.25, 0.3) is 0 Å². The Morgan fingerprint density at radius 2 is 1.76 bits per heavy atom. The van der Waals surface area contributed by atoms with Crippen LogP contribution >= 0.6 is 8.60 Å². The van der Waals surface area contributed by atoms with Crippen molar-refractivity contribution in [2.24, 2.45) is 16.6 Å². The van der Waals surface area contributed by atoms with Crippen LogP contribution in [0.3, 0.4) is 0 Å². The zero-order valence-electron chi connectivity index (χ0n) is 19.9. The van der Waals surface area contributed by atoms with Crippen molar-refractivity contribution in [3.8, 4) is 0 Å². The molecule has 2 aromatic rings. The van der Waals surface area contributed by atoms with Crippen molar-refractivity contribution in [1.82, 2.24) is 19.5 Å². The summed E-state index contributed by atoms with van der Waals surface area (Å²) in [5, 5.41) is 20.9. The van der Waals surface area contributed by atoms with Crippen molar-refractivity contribution in [1.29, 1.82) is 0 Å². The molecule has 7 N–H and O–H groups in total. The molecule has 1 fully saturated rings. The van der Waals surface area contributed by atoms with Gasteiger partial charge >= 0.3 is 8.60 Å². The zero-order valence-corrected chi connectivity index (χ0v) is 20.8. The number of hydrogen-bond acceptors (Lipinski definition) is 12. The number of fused-ring (bicyclic) bond motifs is 1. The van der Waals surface area contributed by atoms with Gasteiger partial charge in [-0.2, -0.15) is 0 Å². The Bertz CT molecular complexity index is 945. The molecule has 0 radical (unpaired) electrons. The zero-order chi connectivity index (χ0) is 25.1. The van der Waals surface area contributed by atoms with Gasteiger partial charge < -0.3 is 45.1 Å². The van der Waals surface area contributed by atoms with Crippen LogP contribution in [0.4, 0.5) is 5.82 Å². The Kier molecular flexibility index (Phi) is 8.77. The van der Waals surface area contributed by atoms with Crippen molar-refractivity contribution >= 4 is 25.6 Å². The first-order chi connectivity index (χ1) is 15.9. The summed E-state index contributed by atoms with van der Waals surface area (Å²) in [7, 11) is -2.23. The van der Waals surface area contributed by atoms with E-state index in [2.05, 4.69) is 15.0 Å². The van der Waals surface area contributed by atoms with Crippen LogP contribution in [0.25, 0.3) is 11.2 Å². The molecule has 192 valence electrons. The minimum atomic E-state index is -2.23. The number of aliphatic hydroxyl groups excluding tert-OH is 2. The van der Waals surface area contributed by atoms with Crippen molar-refractivity contribution in [2.45, 2.75) is 52.2 Å². The number of aromatic nitrogens is 4. The molecule has 2 aromatic heterocycles. The number of nitrogens with two attached hydrogens (primary N) is 2. The molecule has 13 nitrogen and oxygen atoms in total. The summed E-state index contributed by atoms with van der Waals surface area (Å²) >= 11 is 0. The first-order valence-corrected chi connectivity index (χ1v) is 12.0. The third kappa shape index (κ3) is 6.56. The monoisotopic (exact) mass is 502 g/mol. The number of imidazole rings is 1. The van der Waals surface area contributed by atoms with E-state index in [0.717, 1.165) is 0 Å². The molecule has 0 spiro atoms. The van der Waals surface area contributed by atoms with Crippen LogP contribution in [-0.2, 0) is 18.5 Å². The minimum Gasteiger partial charge on any atom is -0.387 e. The van der Waals surface area contributed by atoms with Crippen molar-refractivity contribution in [3.05, 3.63) is 12.7 Å². The van der Waals surface area contributed by atoms with Gasteiger partial charge in [0.2, 0.25) is 0 Å². The number of nitrogen functional groups attached to an aromatic ring is 1. The third-order valence-corrected chi connectivity index (χ3v) is 6.17. The smallest absolute Gasteiger partial charge is 0.329 e. The molecular formula is C20H35N6O7P. The van der Waals surface area contributed by atoms with Crippen LogP contribution in [0.5, 0.6) is 0 Å². The fourth-order valence-corrected chi connectivity index (χ4v) is 4.07. The molecule has 14 heteroatoms. The summed E-state index contributed by atoms with van der Waals surface area (Å²) < 4.78 is 23.8. The van der Waals surface area contributed by atoms with Gasteiger partial charge in [-0.05, 0) is 6.54 Å². The van der Waals surface area contributed by atoms with Crippen molar-refractivity contribution < 1.29 is 33.6 Å². The summed E-state index contributed by atoms with van der Waals surface area (Å²) in [5.41, 5.74) is 11.7. The molecule has 34 heavy (non-hydrogen) atoms. The summed E-state index contributed by atoms with van der Waals surface area (Å²) in [6, 6.07) is 0. The van der Waals surface area contributed by atoms with Gasteiger partial charge in [-0.3, -0.25) is 4.57 Å². The largest absolute Gasteiger partial charge is 0.387 e. The molecule has 1 saturated heterocycles. The predicted molar refractivity (Wildman–Crippen MR) is 124 cm³/mol. The topological polar surface area (TPSA) is 193 Å². The standard InChI is InChI=1S/C20H35N6O7P/c1-19(2,6-21)7-30-8-20(3,4)9-32-34(29)31-5-12-14(27)15(28)18(33-12)26-11-25-13-16(22)23-10-24-17(13)26/h10-12,14-15,18,27-29H,5-9,21H2,1-4H3,(H2,22,23,24). The Morgan fingerprint density at radius 1 is 1.06 bits per heavy atom. The van der Waals surface area contributed by atoms with Crippen LogP contribution in [0.15, 0.2) is 12.7 Å². The number of aliphatic hydroxyl groups is 2. The van der Waals surface area contributed by atoms with Gasteiger partial charge in [-0.25, -0.2) is 15.0 Å². The maximum Gasteiger partial charge on any atom is 0.329 e. The predicted octanol–water partition coefficient (Wildman–Crippen LogP) is 0.308. The first-order valence-electron chi connectivity index (χ1n) is 10.9. The molecular weight excluding hydrogens is 467 g/mol. The average molecular weight is 503 g/mol. The number of ether oxygens (including phenoxy) is 2. The fraction of sp³-hybridized carbons (Fsp3) is 0.750. The highest BCUT2D eigenvalue weighted by Crippen LogP contribution is 2.38. The molecule has 3 rings (SSSR count). The van der Waals surface area contributed by atoms with E-state index in [-0.39, 0.29) is 29.9 Å². The molecule has 0 amide bonds. The van der Waals surface area contributed by atoms with E-state index in [1.165, 1.54) is 17.2 Å². The molecule has 0 aliphatic carbocycles. The molecule has 5 atom stereocenters. The lowest BCUT2D eigenvalue weighted by Gasteiger charge is -2.28. The highest BCUT2D eigenvalue weighted by Gasteiger charge is 2.45. The second-order valence-corrected chi connectivity index (χ2v) is 11.0. The Hall–Kier alpha value is -1.54. The lowest BCUT2D eigenvalue weighted by molar-refractivity contribution is -0.0504. The summed E-state index contributed by atoms with van der Waals surface area (Å²) in [6.45, 7) is 9.40. The minimum absolute atomic E-state index is 0.114. The molecule has 0 aromatic carbocycles. The number of anilines is 1. The Balaban J connectivity index is 1.48. The van der Waals surface area contributed by atoms with E-state index in [0.29, 0.717) is 30.9 Å². The second kappa shape index (κ2) is 11.0. The SMILES string of the molecule is CC(C)(CN)COCC(C)(C)COP(O)OCC1OC(n2cnc3c(N)ncnc32)C(O)C1O. The highest BCUT2D eigenvalue weighted by molar-refractivity contribution is 7.40. The van der Waals surface area contributed by atoms with Gasteiger partial charge in [0.05, 0.1) is 32.8 Å². The van der Waals surface area contributed by atoms with Gasteiger partial charge in [0, 0.05) is 10.8 Å². The lowest BCUT2D eigenvalue weighted by atomic mass is 9.94. The van der Waals surface area contributed by atoms with Crippen LogP contribution in [0.1, 0.15) is 33.9 Å². The number of nitrogens with zero attached hydrogens (tertiary/aromatic N) is 4. The summed E-state index contributed by atoms with van der Waals surface area (Å²) in [6.07, 6.45) is -1.74. The lowest BCUT2D eigenvalue weighted by Crippen LogP contribution is -2.33. The molecule has 0 bridgehead atoms. The van der Waals surface area contributed by atoms with E-state index in [1.807, 2.05) is 27.7 Å². The molecule has 1 aliphatic rings. The van der Waals surface area contributed by atoms with E-state index in [4.69, 9.17) is 30.0 Å². The van der Waals surface area contributed by atoms with Crippen molar-refractivity contribution in [3.63, 3.8) is 0 Å². The Morgan fingerprint density at radius 3 is 2.47 bits per heavy atom. The number of rotatable bonds is 12. The second-order valence-electron chi connectivity index (χ2n) is 9.96. The van der Waals surface area contributed by atoms with Gasteiger partial charge in [-0.15, -0.1) is 0 Å². The highest BCUT2D eigenvalue weighted by atomic mass is 31.2. The van der Waals surface area contributed by atoms with E-state index >= 15 is 0 Å². The van der Waals surface area contributed by atoms with Crippen LogP contribution < -0.4 is 11.5 Å². The maximum absolute atomic E-state index is 10.5. The Labute approximate surface area is 199 Å². The molecule has 3 heterocycles. The molecule has 1 aliphatic heterocycles. The average Bonchev–Trinajstić information content (AvgIpc) is 3.33. The number of hydrogen-bond donors (Lipinski definition) is 5. The van der Waals surface area contributed by atoms with Crippen LogP contribution in [0.2, 0.25) is 0 Å².